The first kappa shape index (κ1) is 7.61. The van der Waals surface area contributed by atoms with Gasteiger partial charge in [0.05, 0.1) is 0 Å². The van der Waals surface area contributed by atoms with Crippen LogP contribution in [-0.4, -0.2) is 7.05 Å². The molecule has 0 amide bonds. The Bertz CT molecular complexity index is 193. The van der Waals surface area contributed by atoms with Crippen molar-refractivity contribution in [3.05, 3.63) is 16.3 Å². The standard InChI is InChI=1S/C8H13NS/c1-3-4-8-7(9-2)5-6-10-8/h5-6,9H,3-4H2,1-2H3. The van der Waals surface area contributed by atoms with Crippen LogP contribution in [-0.2, 0) is 6.42 Å². The zero-order valence-corrected chi connectivity index (χ0v) is 7.29. The SMILES string of the molecule is CCCc1sccc1NC. The van der Waals surface area contributed by atoms with Crippen molar-refractivity contribution < 1.29 is 0 Å². The first-order valence-corrected chi connectivity index (χ1v) is 4.50. The van der Waals surface area contributed by atoms with Gasteiger partial charge >= 0.3 is 0 Å². The van der Waals surface area contributed by atoms with E-state index in [2.05, 4.69) is 23.7 Å². The van der Waals surface area contributed by atoms with Crippen LogP contribution in [0.2, 0.25) is 0 Å². The summed E-state index contributed by atoms with van der Waals surface area (Å²) in [4.78, 5) is 1.48. The van der Waals surface area contributed by atoms with Crippen molar-refractivity contribution in [3.8, 4) is 0 Å². The van der Waals surface area contributed by atoms with Gasteiger partial charge in [0.1, 0.15) is 0 Å². The lowest BCUT2D eigenvalue weighted by molar-refractivity contribution is 0.940. The monoisotopic (exact) mass is 155 g/mol. The van der Waals surface area contributed by atoms with Crippen molar-refractivity contribution in [3.63, 3.8) is 0 Å². The highest BCUT2D eigenvalue weighted by Crippen LogP contribution is 2.22. The summed E-state index contributed by atoms with van der Waals surface area (Å²) in [6.45, 7) is 2.21. The van der Waals surface area contributed by atoms with Crippen LogP contribution < -0.4 is 5.32 Å². The van der Waals surface area contributed by atoms with Crippen LogP contribution in [0.5, 0.6) is 0 Å². The van der Waals surface area contributed by atoms with E-state index in [0.29, 0.717) is 0 Å². The Morgan fingerprint density at radius 1 is 1.60 bits per heavy atom. The lowest BCUT2D eigenvalue weighted by Gasteiger charge is -1.98. The predicted molar refractivity (Wildman–Crippen MR) is 47.9 cm³/mol. The summed E-state index contributed by atoms with van der Waals surface area (Å²) >= 11 is 1.84. The molecule has 1 nitrogen and oxygen atoms in total. The average molecular weight is 155 g/mol. The fourth-order valence-corrected chi connectivity index (χ4v) is 1.97. The molecule has 1 aromatic rings. The van der Waals surface area contributed by atoms with Gasteiger partial charge < -0.3 is 5.32 Å². The van der Waals surface area contributed by atoms with Gasteiger partial charge in [0, 0.05) is 17.6 Å². The van der Waals surface area contributed by atoms with Gasteiger partial charge in [-0.3, -0.25) is 0 Å². The molecular weight excluding hydrogens is 142 g/mol. The van der Waals surface area contributed by atoms with E-state index in [1.165, 1.54) is 23.4 Å². The molecule has 0 radical (unpaired) electrons. The van der Waals surface area contributed by atoms with E-state index >= 15 is 0 Å². The summed E-state index contributed by atoms with van der Waals surface area (Å²) in [5, 5.41) is 5.31. The molecule has 56 valence electrons. The molecule has 1 heterocycles. The molecule has 0 aliphatic carbocycles. The Morgan fingerprint density at radius 3 is 3.00 bits per heavy atom. The molecule has 0 aliphatic rings. The lowest BCUT2D eigenvalue weighted by Crippen LogP contribution is -1.89. The first-order valence-electron chi connectivity index (χ1n) is 3.62. The third kappa shape index (κ3) is 1.51. The summed E-state index contributed by atoms with van der Waals surface area (Å²) in [5.74, 6) is 0. The molecule has 1 N–H and O–H groups in total. The second-order valence-corrected chi connectivity index (χ2v) is 3.26. The predicted octanol–water partition coefficient (Wildman–Crippen LogP) is 2.74. The maximum Gasteiger partial charge on any atom is 0.0478 e. The fourth-order valence-electron chi connectivity index (χ4n) is 0.984. The number of hydrogen-bond acceptors (Lipinski definition) is 2. The largest absolute Gasteiger partial charge is 0.387 e. The second kappa shape index (κ2) is 3.62. The topological polar surface area (TPSA) is 12.0 Å². The quantitative estimate of drug-likeness (QED) is 0.707. The van der Waals surface area contributed by atoms with E-state index in [1.54, 1.807) is 0 Å². The maximum atomic E-state index is 3.17. The Kier molecular flexibility index (Phi) is 2.75. The molecule has 0 unspecified atom stereocenters. The first-order chi connectivity index (χ1) is 4.88. The fraction of sp³-hybridized carbons (Fsp3) is 0.500. The Balaban J connectivity index is 2.70. The minimum Gasteiger partial charge on any atom is -0.387 e. The Hall–Kier alpha value is -0.500. The van der Waals surface area contributed by atoms with Crippen molar-refractivity contribution in [2.75, 3.05) is 12.4 Å². The van der Waals surface area contributed by atoms with Gasteiger partial charge in [-0.25, -0.2) is 0 Å². The second-order valence-electron chi connectivity index (χ2n) is 2.26. The normalized spacial score (nSPS) is 9.80. The Morgan fingerprint density at radius 2 is 2.40 bits per heavy atom. The molecule has 0 bridgehead atoms. The summed E-state index contributed by atoms with van der Waals surface area (Å²) in [6.07, 6.45) is 2.43. The number of nitrogens with one attached hydrogen (secondary N) is 1. The van der Waals surface area contributed by atoms with Crippen molar-refractivity contribution >= 4 is 17.0 Å². The van der Waals surface area contributed by atoms with E-state index in [-0.39, 0.29) is 0 Å². The summed E-state index contributed by atoms with van der Waals surface area (Å²) in [6, 6.07) is 2.13. The van der Waals surface area contributed by atoms with E-state index in [4.69, 9.17) is 0 Å². The van der Waals surface area contributed by atoms with Gasteiger partial charge in [-0.2, -0.15) is 0 Å². The molecule has 0 aromatic carbocycles. The van der Waals surface area contributed by atoms with Crippen LogP contribution in [0.4, 0.5) is 5.69 Å². The zero-order valence-electron chi connectivity index (χ0n) is 6.48. The highest BCUT2D eigenvalue weighted by atomic mass is 32.1. The van der Waals surface area contributed by atoms with Crippen LogP contribution in [0.15, 0.2) is 11.4 Å². The zero-order chi connectivity index (χ0) is 7.40. The average Bonchev–Trinajstić information content (AvgIpc) is 2.36. The molecule has 1 aromatic heterocycles. The molecule has 0 saturated carbocycles. The van der Waals surface area contributed by atoms with Crippen molar-refractivity contribution in [2.45, 2.75) is 19.8 Å². The molecule has 0 spiro atoms. The van der Waals surface area contributed by atoms with Crippen molar-refractivity contribution in [1.82, 2.24) is 0 Å². The molecule has 10 heavy (non-hydrogen) atoms. The van der Waals surface area contributed by atoms with E-state index < -0.39 is 0 Å². The lowest BCUT2D eigenvalue weighted by atomic mass is 10.2. The number of hydrogen-bond donors (Lipinski definition) is 1. The molecule has 2 heteroatoms. The minimum absolute atomic E-state index is 1.20. The summed E-state index contributed by atoms with van der Waals surface area (Å²) in [5.41, 5.74) is 1.30. The van der Waals surface area contributed by atoms with Crippen LogP contribution in [0, 0.1) is 0 Å². The van der Waals surface area contributed by atoms with Gasteiger partial charge in [0.25, 0.3) is 0 Å². The van der Waals surface area contributed by atoms with E-state index in [9.17, 15) is 0 Å². The highest BCUT2D eigenvalue weighted by molar-refractivity contribution is 7.10. The van der Waals surface area contributed by atoms with Gasteiger partial charge in [0.15, 0.2) is 0 Å². The number of aryl methyl sites for hydroxylation is 1. The maximum absolute atomic E-state index is 3.17. The van der Waals surface area contributed by atoms with Crippen molar-refractivity contribution in [1.29, 1.82) is 0 Å². The van der Waals surface area contributed by atoms with Gasteiger partial charge in [-0.05, 0) is 17.9 Å². The minimum atomic E-state index is 1.20. The molecule has 1 rings (SSSR count). The van der Waals surface area contributed by atoms with Crippen LogP contribution in [0.25, 0.3) is 0 Å². The van der Waals surface area contributed by atoms with E-state index in [1.807, 2.05) is 18.4 Å². The number of rotatable bonds is 3. The van der Waals surface area contributed by atoms with E-state index in [0.717, 1.165) is 0 Å². The molecule has 0 saturated heterocycles. The molecule has 0 aliphatic heterocycles. The number of anilines is 1. The third-order valence-corrected chi connectivity index (χ3v) is 2.47. The van der Waals surface area contributed by atoms with Crippen LogP contribution in [0.1, 0.15) is 18.2 Å². The van der Waals surface area contributed by atoms with Crippen LogP contribution >= 0.6 is 11.3 Å². The van der Waals surface area contributed by atoms with Gasteiger partial charge in [0.2, 0.25) is 0 Å². The van der Waals surface area contributed by atoms with Gasteiger partial charge in [-0.1, -0.05) is 13.3 Å². The summed E-state index contributed by atoms with van der Waals surface area (Å²) < 4.78 is 0. The Labute approximate surface area is 66.1 Å². The highest BCUT2D eigenvalue weighted by Gasteiger charge is 1.98. The van der Waals surface area contributed by atoms with Crippen LogP contribution in [0.3, 0.4) is 0 Å². The molecule has 0 atom stereocenters. The van der Waals surface area contributed by atoms with Gasteiger partial charge in [-0.15, -0.1) is 11.3 Å². The molecular formula is C8H13NS. The smallest absolute Gasteiger partial charge is 0.0478 e. The van der Waals surface area contributed by atoms with Crippen molar-refractivity contribution in [2.24, 2.45) is 0 Å². The molecule has 0 fully saturated rings. The number of thiophene rings is 1. The summed E-state index contributed by atoms with van der Waals surface area (Å²) in [7, 11) is 1.97. The third-order valence-electron chi connectivity index (χ3n) is 1.49.